The molecule has 0 radical (unpaired) electrons. The lowest BCUT2D eigenvalue weighted by atomic mass is 9.75. The molecule has 0 amide bonds. The summed E-state index contributed by atoms with van der Waals surface area (Å²) in [5.41, 5.74) is 12.5. The highest BCUT2D eigenvalue weighted by Gasteiger charge is 2.36. The number of para-hydroxylation sites is 2. The molecule has 0 N–H and O–H groups in total. The predicted octanol–water partition coefficient (Wildman–Crippen LogP) is 15.2. The summed E-state index contributed by atoms with van der Waals surface area (Å²) in [6, 6.07) is 67.7. The van der Waals surface area contributed by atoms with Crippen molar-refractivity contribution in [2.45, 2.75) is 38.8 Å². The zero-order chi connectivity index (χ0) is 36.9. The number of ether oxygens (including phenoxy) is 1. The molecule has 0 aromatic heterocycles. The van der Waals surface area contributed by atoms with E-state index in [0.29, 0.717) is 0 Å². The van der Waals surface area contributed by atoms with Gasteiger partial charge in [0.15, 0.2) is 5.75 Å². The van der Waals surface area contributed by atoms with E-state index in [4.69, 9.17) is 4.74 Å². The fourth-order valence-electron chi connectivity index (χ4n) is 7.91. The van der Waals surface area contributed by atoms with Gasteiger partial charge < -0.3 is 9.64 Å². The molecule has 10 rings (SSSR count). The number of anilines is 3. The fourth-order valence-corrected chi connectivity index (χ4v) is 10.3. The molecule has 2 nitrogen and oxygen atoms in total. The molecule has 4 heteroatoms. The van der Waals surface area contributed by atoms with E-state index >= 15 is 0 Å². The molecule has 0 spiro atoms. The van der Waals surface area contributed by atoms with Gasteiger partial charge in [0.05, 0.1) is 5.69 Å². The molecule has 2 aliphatic heterocycles. The average molecular weight is 744 g/mol. The van der Waals surface area contributed by atoms with Crippen LogP contribution in [0.5, 0.6) is 11.5 Å². The summed E-state index contributed by atoms with van der Waals surface area (Å²) in [5, 5.41) is 0. The van der Waals surface area contributed by atoms with Crippen molar-refractivity contribution in [3.05, 3.63) is 199 Å². The van der Waals surface area contributed by atoms with Gasteiger partial charge in [-0.1, -0.05) is 171 Å². The van der Waals surface area contributed by atoms with Crippen LogP contribution in [0.15, 0.2) is 208 Å². The minimum Gasteiger partial charge on any atom is -0.455 e. The van der Waals surface area contributed by atoms with Gasteiger partial charge in [-0.2, -0.15) is 0 Å². The van der Waals surface area contributed by atoms with Crippen LogP contribution in [0, 0.1) is 0 Å². The smallest absolute Gasteiger partial charge is 0.155 e. The highest BCUT2D eigenvalue weighted by atomic mass is 32.2. The summed E-state index contributed by atoms with van der Waals surface area (Å²) in [4.78, 5) is 7.59. The third kappa shape index (κ3) is 6.03. The second kappa shape index (κ2) is 13.7. The van der Waals surface area contributed by atoms with Crippen LogP contribution < -0.4 is 9.64 Å². The van der Waals surface area contributed by atoms with Crippen molar-refractivity contribution >= 4 is 40.6 Å². The van der Waals surface area contributed by atoms with E-state index in [1.165, 1.54) is 64.1 Å². The minimum absolute atomic E-state index is 0.230. The molecule has 2 aliphatic rings. The van der Waals surface area contributed by atoms with Crippen molar-refractivity contribution in [1.82, 2.24) is 0 Å². The zero-order valence-corrected chi connectivity index (χ0v) is 32.2. The highest BCUT2D eigenvalue weighted by molar-refractivity contribution is 8.05. The Balaban J connectivity index is 1.05. The quantitative estimate of drug-likeness (QED) is 0.168. The lowest BCUT2D eigenvalue weighted by Crippen LogP contribution is -2.25. The van der Waals surface area contributed by atoms with Crippen LogP contribution in [-0.2, 0) is 5.41 Å². The van der Waals surface area contributed by atoms with Gasteiger partial charge in [0.2, 0.25) is 0 Å². The molecule has 0 aliphatic carbocycles. The van der Waals surface area contributed by atoms with E-state index in [1.807, 2.05) is 23.5 Å². The fraction of sp³-hybridized carbons (Fsp3) is 0.0588. The van der Waals surface area contributed by atoms with Gasteiger partial charge in [-0.15, -0.1) is 0 Å². The van der Waals surface area contributed by atoms with Crippen molar-refractivity contribution in [1.29, 1.82) is 0 Å². The first-order chi connectivity index (χ1) is 27.0. The van der Waals surface area contributed by atoms with Crippen LogP contribution in [0.3, 0.4) is 0 Å². The van der Waals surface area contributed by atoms with Gasteiger partial charge in [0, 0.05) is 47.5 Å². The maximum absolute atomic E-state index is 6.85. The standard InChI is InChI=1S/C51H37NOS2/c1-51(2)42-15-6-7-18-45(42)53-49-43(51)16-11-17-44(49)52(39-30-26-37(27-31-39)36-24-22-35(23-25-36)34-12-4-3-5-13-34)40-32-28-38(29-33-40)41-14-10-21-48-50(41)55-47-20-9-8-19-46(47)54-48/h3-33H,1-2H3. The summed E-state index contributed by atoms with van der Waals surface area (Å²) in [7, 11) is 0. The molecule has 0 atom stereocenters. The maximum Gasteiger partial charge on any atom is 0.155 e. The Morgan fingerprint density at radius 3 is 1.62 bits per heavy atom. The van der Waals surface area contributed by atoms with Gasteiger partial charge in [0.1, 0.15) is 5.75 Å². The third-order valence-corrected chi connectivity index (χ3v) is 13.4. The molecule has 0 bridgehead atoms. The van der Waals surface area contributed by atoms with Crippen LogP contribution in [0.25, 0.3) is 33.4 Å². The van der Waals surface area contributed by atoms with E-state index in [-0.39, 0.29) is 5.41 Å². The largest absolute Gasteiger partial charge is 0.455 e. The number of hydrogen-bond acceptors (Lipinski definition) is 4. The van der Waals surface area contributed by atoms with E-state index in [0.717, 1.165) is 28.6 Å². The molecule has 0 saturated heterocycles. The molecule has 8 aromatic rings. The van der Waals surface area contributed by atoms with Crippen LogP contribution in [0.4, 0.5) is 17.1 Å². The topological polar surface area (TPSA) is 12.5 Å². The first-order valence-electron chi connectivity index (χ1n) is 18.7. The van der Waals surface area contributed by atoms with Gasteiger partial charge in [-0.05, 0) is 88.0 Å². The third-order valence-electron chi connectivity index (χ3n) is 10.8. The first-order valence-corrected chi connectivity index (χ1v) is 20.3. The summed E-state index contributed by atoms with van der Waals surface area (Å²) in [5.74, 6) is 1.79. The Morgan fingerprint density at radius 1 is 0.418 bits per heavy atom. The van der Waals surface area contributed by atoms with Crippen molar-refractivity contribution in [3.63, 3.8) is 0 Å². The Morgan fingerprint density at radius 2 is 0.927 bits per heavy atom. The second-order valence-electron chi connectivity index (χ2n) is 14.5. The van der Waals surface area contributed by atoms with Crippen LogP contribution in [-0.4, -0.2) is 0 Å². The lowest BCUT2D eigenvalue weighted by molar-refractivity contribution is 0.419. The van der Waals surface area contributed by atoms with Crippen molar-refractivity contribution in [2.75, 3.05) is 4.90 Å². The van der Waals surface area contributed by atoms with Crippen molar-refractivity contribution < 1.29 is 4.74 Å². The Hall–Kier alpha value is -5.94. The molecular formula is C51H37NOS2. The Bertz CT molecular complexity index is 2680. The van der Waals surface area contributed by atoms with E-state index in [9.17, 15) is 0 Å². The predicted molar refractivity (Wildman–Crippen MR) is 231 cm³/mol. The number of hydrogen-bond donors (Lipinski definition) is 0. The summed E-state index contributed by atoms with van der Waals surface area (Å²) in [6.07, 6.45) is 0. The molecule has 0 unspecified atom stereocenters. The molecule has 0 fully saturated rings. The Labute approximate surface area is 331 Å². The molecule has 264 valence electrons. The van der Waals surface area contributed by atoms with Gasteiger partial charge >= 0.3 is 0 Å². The number of rotatable bonds is 6. The number of fused-ring (bicyclic) bond motifs is 4. The monoisotopic (exact) mass is 743 g/mol. The van der Waals surface area contributed by atoms with E-state index in [1.54, 1.807) is 0 Å². The summed E-state index contributed by atoms with van der Waals surface area (Å²) < 4.78 is 6.85. The molecular weight excluding hydrogens is 707 g/mol. The average Bonchev–Trinajstić information content (AvgIpc) is 3.24. The highest BCUT2D eigenvalue weighted by Crippen LogP contribution is 2.54. The number of benzene rings is 8. The molecule has 8 aromatic carbocycles. The molecule has 2 heterocycles. The second-order valence-corrected chi connectivity index (χ2v) is 16.7. The summed E-state index contributed by atoms with van der Waals surface area (Å²) >= 11 is 3.73. The van der Waals surface area contributed by atoms with Gasteiger partial charge in [-0.3, -0.25) is 0 Å². The lowest BCUT2D eigenvalue weighted by Gasteiger charge is -2.37. The normalized spacial score (nSPS) is 13.4. The zero-order valence-electron chi connectivity index (χ0n) is 30.6. The first kappa shape index (κ1) is 33.6. The van der Waals surface area contributed by atoms with Crippen LogP contribution in [0.1, 0.15) is 25.0 Å². The summed E-state index contributed by atoms with van der Waals surface area (Å²) in [6.45, 7) is 4.59. The van der Waals surface area contributed by atoms with Gasteiger partial charge in [-0.25, -0.2) is 0 Å². The van der Waals surface area contributed by atoms with Crippen molar-refractivity contribution in [2.24, 2.45) is 0 Å². The van der Waals surface area contributed by atoms with Gasteiger partial charge in [0.25, 0.3) is 0 Å². The van der Waals surface area contributed by atoms with E-state index in [2.05, 4.69) is 207 Å². The van der Waals surface area contributed by atoms with Crippen molar-refractivity contribution in [3.8, 4) is 44.9 Å². The van der Waals surface area contributed by atoms with Crippen LogP contribution >= 0.6 is 23.5 Å². The number of nitrogens with zero attached hydrogens (tertiary/aromatic N) is 1. The molecule has 55 heavy (non-hydrogen) atoms. The minimum atomic E-state index is -0.230. The molecule has 0 saturated carbocycles. The SMILES string of the molecule is CC1(C)c2ccccc2Oc2c(N(c3ccc(-c4ccc(-c5ccccc5)cc4)cc3)c3ccc(-c4cccc5c4Sc4ccccc4S5)cc3)cccc21. The van der Waals surface area contributed by atoms with Crippen LogP contribution in [0.2, 0.25) is 0 Å². The maximum atomic E-state index is 6.85. The van der Waals surface area contributed by atoms with E-state index < -0.39 is 0 Å². The Kier molecular flexibility index (Phi) is 8.39.